The summed E-state index contributed by atoms with van der Waals surface area (Å²) in [4.78, 5) is 0. The Kier molecular flexibility index (Phi) is 6.03. The molecule has 0 spiro atoms. The van der Waals surface area contributed by atoms with Crippen molar-refractivity contribution >= 4 is 0 Å². The van der Waals surface area contributed by atoms with Gasteiger partial charge in [-0.05, 0) is 19.8 Å². The van der Waals surface area contributed by atoms with Crippen LogP contribution in [0.5, 0.6) is 0 Å². The van der Waals surface area contributed by atoms with Gasteiger partial charge in [-0.3, -0.25) is 0 Å². The summed E-state index contributed by atoms with van der Waals surface area (Å²) in [6.45, 7) is 6.19. The fraction of sp³-hybridized carbons (Fsp3) is 0.750. The van der Waals surface area contributed by atoms with Crippen LogP contribution in [-0.4, -0.2) is 6.04 Å². The van der Waals surface area contributed by atoms with Gasteiger partial charge < -0.3 is 0 Å². The zero-order valence-corrected chi connectivity index (χ0v) is 7.04. The van der Waals surface area contributed by atoms with E-state index in [0.29, 0.717) is 6.04 Å². The highest BCUT2D eigenvalue weighted by Crippen LogP contribution is 2.02. The lowest BCUT2D eigenvalue weighted by Crippen LogP contribution is -1.97. The third kappa shape index (κ3) is 4.24. The fourth-order valence-corrected chi connectivity index (χ4v) is 0.651. The minimum atomic E-state index is 0.413. The Balaban J connectivity index is 3.60. The highest BCUT2D eigenvalue weighted by atomic mass is 15.1. The van der Waals surface area contributed by atoms with Crippen LogP contribution in [0.3, 0.4) is 0 Å². The quantitative estimate of drug-likeness (QED) is 0.536. The van der Waals surface area contributed by atoms with Gasteiger partial charge >= 0.3 is 0 Å². The molecule has 2 nitrogen and oxygen atoms in total. The molecule has 0 rings (SSSR count). The number of allylic oxidation sites excluding steroid dienone is 1. The van der Waals surface area contributed by atoms with Crippen LogP contribution in [0.2, 0.25) is 0 Å². The number of azo groups is 1. The van der Waals surface area contributed by atoms with E-state index in [0.717, 1.165) is 12.8 Å². The first-order valence-electron chi connectivity index (χ1n) is 3.86. The summed E-state index contributed by atoms with van der Waals surface area (Å²) >= 11 is 0. The van der Waals surface area contributed by atoms with Crippen LogP contribution in [0, 0.1) is 0 Å². The van der Waals surface area contributed by atoms with Crippen LogP contribution in [0.15, 0.2) is 22.5 Å². The van der Waals surface area contributed by atoms with E-state index in [1.54, 1.807) is 6.20 Å². The molecule has 0 unspecified atom stereocenters. The summed E-state index contributed by atoms with van der Waals surface area (Å²) in [5.74, 6) is 0. The van der Waals surface area contributed by atoms with Crippen LogP contribution in [-0.2, 0) is 0 Å². The molecule has 0 aliphatic carbocycles. The van der Waals surface area contributed by atoms with Crippen molar-refractivity contribution in [1.82, 2.24) is 0 Å². The van der Waals surface area contributed by atoms with Gasteiger partial charge in [-0.1, -0.05) is 19.9 Å². The molecule has 0 saturated carbocycles. The third-order valence-corrected chi connectivity index (χ3v) is 1.39. The Labute approximate surface area is 63.1 Å². The van der Waals surface area contributed by atoms with Crippen molar-refractivity contribution in [3.63, 3.8) is 0 Å². The Bertz CT molecular complexity index is 112. The predicted octanol–water partition coefficient (Wildman–Crippen LogP) is 3.16. The van der Waals surface area contributed by atoms with E-state index < -0.39 is 0 Å². The minimum Gasteiger partial charge on any atom is -0.186 e. The van der Waals surface area contributed by atoms with Crippen LogP contribution in [0.4, 0.5) is 0 Å². The molecule has 0 fully saturated rings. The van der Waals surface area contributed by atoms with Gasteiger partial charge in [0.25, 0.3) is 0 Å². The van der Waals surface area contributed by atoms with Crippen molar-refractivity contribution < 1.29 is 0 Å². The Hall–Kier alpha value is -0.660. The summed E-state index contributed by atoms with van der Waals surface area (Å²) in [6, 6.07) is 0.413. The van der Waals surface area contributed by atoms with E-state index in [9.17, 15) is 0 Å². The zero-order chi connectivity index (χ0) is 7.82. The van der Waals surface area contributed by atoms with Crippen molar-refractivity contribution in [3.05, 3.63) is 12.3 Å². The fourth-order valence-electron chi connectivity index (χ4n) is 0.651. The Morgan fingerprint density at radius 3 is 2.30 bits per heavy atom. The Morgan fingerprint density at radius 1 is 1.30 bits per heavy atom. The third-order valence-electron chi connectivity index (χ3n) is 1.39. The molecule has 0 aromatic carbocycles. The van der Waals surface area contributed by atoms with Gasteiger partial charge in [0, 0.05) is 6.20 Å². The second-order valence-corrected chi connectivity index (χ2v) is 2.18. The molecule has 0 amide bonds. The largest absolute Gasteiger partial charge is 0.186 e. The molecule has 0 aromatic rings. The van der Waals surface area contributed by atoms with Crippen LogP contribution < -0.4 is 0 Å². The molecule has 0 saturated heterocycles. The lowest BCUT2D eigenvalue weighted by molar-refractivity contribution is 0.603. The Morgan fingerprint density at radius 2 is 1.90 bits per heavy atom. The van der Waals surface area contributed by atoms with Crippen molar-refractivity contribution in [2.75, 3.05) is 0 Å². The maximum atomic E-state index is 4.09. The summed E-state index contributed by atoms with van der Waals surface area (Å²) < 4.78 is 0. The summed E-state index contributed by atoms with van der Waals surface area (Å²) in [7, 11) is 0. The van der Waals surface area contributed by atoms with Crippen LogP contribution >= 0.6 is 0 Å². The van der Waals surface area contributed by atoms with Gasteiger partial charge in [0.05, 0.1) is 6.04 Å². The number of nitrogens with zero attached hydrogens (tertiary/aromatic N) is 2. The van der Waals surface area contributed by atoms with E-state index in [2.05, 4.69) is 24.1 Å². The van der Waals surface area contributed by atoms with Crippen molar-refractivity contribution in [3.8, 4) is 0 Å². The maximum absolute atomic E-state index is 4.09. The molecule has 0 N–H and O–H groups in total. The first kappa shape index (κ1) is 9.34. The van der Waals surface area contributed by atoms with Crippen LogP contribution in [0.25, 0.3) is 0 Å². The van der Waals surface area contributed by atoms with Gasteiger partial charge in [-0.25, -0.2) is 0 Å². The lowest BCUT2D eigenvalue weighted by atomic mass is 10.2. The first-order chi connectivity index (χ1) is 4.85. The van der Waals surface area contributed by atoms with Gasteiger partial charge in [-0.2, -0.15) is 10.2 Å². The highest BCUT2D eigenvalue weighted by Gasteiger charge is 1.96. The van der Waals surface area contributed by atoms with Gasteiger partial charge in [0.15, 0.2) is 0 Å². The molecular weight excluding hydrogens is 124 g/mol. The number of hydrogen-bond acceptors (Lipinski definition) is 2. The summed E-state index contributed by atoms with van der Waals surface area (Å²) in [6.07, 6.45) is 5.76. The molecule has 58 valence electrons. The second-order valence-electron chi connectivity index (χ2n) is 2.18. The van der Waals surface area contributed by atoms with Crippen molar-refractivity contribution in [2.24, 2.45) is 10.2 Å². The normalized spacial score (nSPS) is 12.4. The highest BCUT2D eigenvalue weighted by molar-refractivity contribution is 4.72. The first-order valence-corrected chi connectivity index (χ1v) is 3.86. The van der Waals surface area contributed by atoms with E-state index in [1.165, 1.54) is 0 Å². The minimum absolute atomic E-state index is 0.413. The molecule has 0 radical (unpaired) electrons. The van der Waals surface area contributed by atoms with Gasteiger partial charge in [0.2, 0.25) is 0 Å². The van der Waals surface area contributed by atoms with E-state index in [4.69, 9.17) is 0 Å². The van der Waals surface area contributed by atoms with Crippen molar-refractivity contribution in [1.29, 1.82) is 0 Å². The average molecular weight is 140 g/mol. The molecule has 0 heterocycles. The van der Waals surface area contributed by atoms with Crippen LogP contribution in [0.1, 0.15) is 33.6 Å². The molecule has 2 heteroatoms. The summed E-state index contributed by atoms with van der Waals surface area (Å²) in [5, 5.41) is 7.96. The molecule has 0 atom stereocenters. The smallest absolute Gasteiger partial charge is 0.0707 e. The molecule has 0 aromatic heterocycles. The molecule has 0 bridgehead atoms. The molecule has 0 aliphatic rings. The average Bonchev–Trinajstić information content (AvgIpc) is 1.99. The molecular formula is C8H16N2. The summed E-state index contributed by atoms with van der Waals surface area (Å²) in [5.41, 5.74) is 0. The number of hydrogen-bond donors (Lipinski definition) is 0. The van der Waals surface area contributed by atoms with Crippen molar-refractivity contribution in [2.45, 2.75) is 39.7 Å². The van der Waals surface area contributed by atoms with Gasteiger partial charge in [-0.15, -0.1) is 0 Å². The SMILES string of the molecule is C/C=C\N=N/C(CC)CC. The number of rotatable bonds is 4. The monoisotopic (exact) mass is 140 g/mol. The second kappa shape index (κ2) is 6.46. The standard InChI is InChI=1S/C8H16N2/c1-4-7-9-10-8(5-2)6-3/h4,7-8H,5-6H2,1-3H3/b7-4-,10-9-. The van der Waals surface area contributed by atoms with E-state index in [1.807, 2.05) is 13.0 Å². The van der Waals surface area contributed by atoms with E-state index in [-0.39, 0.29) is 0 Å². The molecule has 0 aliphatic heterocycles. The molecule has 10 heavy (non-hydrogen) atoms. The van der Waals surface area contributed by atoms with Gasteiger partial charge in [0.1, 0.15) is 0 Å². The van der Waals surface area contributed by atoms with E-state index >= 15 is 0 Å². The lowest BCUT2D eigenvalue weighted by Gasteiger charge is -2.00. The zero-order valence-electron chi connectivity index (χ0n) is 7.04. The topological polar surface area (TPSA) is 24.7 Å². The predicted molar refractivity (Wildman–Crippen MR) is 44.0 cm³/mol. The maximum Gasteiger partial charge on any atom is 0.0707 e.